The Morgan fingerprint density at radius 1 is 0.963 bits per heavy atom. The second kappa shape index (κ2) is 7.20. The van der Waals surface area contributed by atoms with E-state index in [2.05, 4.69) is 20.8 Å². The highest BCUT2D eigenvalue weighted by molar-refractivity contribution is 6.02. The van der Waals surface area contributed by atoms with Gasteiger partial charge in [0.25, 0.3) is 5.91 Å². The number of carbonyl (C=O) groups excluding carboxylic acids is 1. The molecule has 2 N–H and O–H groups in total. The molecule has 1 aliphatic heterocycles. The SMILES string of the molecule is COc1ccc(NC(=O)c2ccc(Nc3ccc4c(c3)OCO4)nn2)cc1. The maximum Gasteiger partial charge on any atom is 0.276 e. The van der Waals surface area contributed by atoms with Gasteiger partial charge < -0.3 is 24.8 Å². The third-order valence-corrected chi connectivity index (χ3v) is 3.89. The van der Waals surface area contributed by atoms with Crippen molar-refractivity contribution in [3.8, 4) is 17.2 Å². The largest absolute Gasteiger partial charge is 0.497 e. The number of ether oxygens (including phenoxy) is 3. The Kier molecular flexibility index (Phi) is 4.44. The van der Waals surface area contributed by atoms with E-state index in [1.54, 1.807) is 43.5 Å². The third-order valence-electron chi connectivity index (χ3n) is 3.89. The van der Waals surface area contributed by atoms with Crippen molar-refractivity contribution in [2.24, 2.45) is 0 Å². The second-order valence-electron chi connectivity index (χ2n) is 5.68. The molecule has 0 aliphatic carbocycles. The molecule has 0 atom stereocenters. The van der Waals surface area contributed by atoms with Crippen LogP contribution in [0.2, 0.25) is 0 Å². The van der Waals surface area contributed by atoms with Crippen molar-refractivity contribution in [2.75, 3.05) is 24.5 Å². The van der Waals surface area contributed by atoms with Crippen molar-refractivity contribution < 1.29 is 19.0 Å². The van der Waals surface area contributed by atoms with Crippen LogP contribution in [-0.4, -0.2) is 30.0 Å². The molecule has 2 heterocycles. The molecule has 2 aromatic carbocycles. The fraction of sp³-hybridized carbons (Fsp3) is 0.105. The minimum Gasteiger partial charge on any atom is -0.497 e. The van der Waals surface area contributed by atoms with Crippen molar-refractivity contribution in [2.45, 2.75) is 0 Å². The van der Waals surface area contributed by atoms with Crippen LogP contribution >= 0.6 is 0 Å². The second-order valence-corrected chi connectivity index (χ2v) is 5.68. The monoisotopic (exact) mass is 364 g/mol. The van der Waals surface area contributed by atoms with Crippen molar-refractivity contribution in [1.29, 1.82) is 0 Å². The van der Waals surface area contributed by atoms with E-state index in [1.807, 2.05) is 18.2 Å². The molecule has 136 valence electrons. The average molecular weight is 364 g/mol. The number of aromatic nitrogens is 2. The van der Waals surface area contributed by atoms with Crippen molar-refractivity contribution in [3.05, 3.63) is 60.3 Å². The Morgan fingerprint density at radius 3 is 2.48 bits per heavy atom. The van der Waals surface area contributed by atoms with E-state index in [0.717, 1.165) is 5.69 Å². The Hall–Kier alpha value is -3.81. The Balaban J connectivity index is 1.41. The van der Waals surface area contributed by atoms with Gasteiger partial charge in [-0.1, -0.05) is 0 Å². The van der Waals surface area contributed by atoms with Gasteiger partial charge in [0.2, 0.25) is 6.79 Å². The van der Waals surface area contributed by atoms with E-state index in [1.165, 1.54) is 0 Å². The van der Waals surface area contributed by atoms with Crippen LogP contribution < -0.4 is 24.8 Å². The summed E-state index contributed by atoms with van der Waals surface area (Å²) in [5.74, 6) is 2.25. The summed E-state index contributed by atoms with van der Waals surface area (Å²) in [6.45, 7) is 0.219. The maximum absolute atomic E-state index is 12.3. The summed E-state index contributed by atoms with van der Waals surface area (Å²) in [5, 5.41) is 13.9. The molecular formula is C19H16N4O4. The van der Waals surface area contributed by atoms with E-state index in [-0.39, 0.29) is 18.4 Å². The topological polar surface area (TPSA) is 94.6 Å². The first kappa shape index (κ1) is 16.6. The van der Waals surface area contributed by atoms with Crippen molar-refractivity contribution >= 4 is 23.1 Å². The van der Waals surface area contributed by atoms with Gasteiger partial charge in [-0.05, 0) is 48.5 Å². The van der Waals surface area contributed by atoms with Gasteiger partial charge in [-0.15, -0.1) is 10.2 Å². The molecule has 1 aromatic heterocycles. The quantitative estimate of drug-likeness (QED) is 0.718. The fourth-order valence-electron chi connectivity index (χ4n) is 2.51. The molecule has 0 fully saturated rings. The lowest BCUT2D eigenvalue weighted by atomic mass is 10.2. The van der Waals surface area contributed by atoms with Gasteiger partial charge in [0.1, 0.15) is 5.75 Å². The van der Waals surface area contributed by atoms with Gasteiger partial charge >= 0.3 is 0 Å². The number of nitrogens with one attached hydrogen (secondary N) is 2. The molecule has 1 amide bonds. The molecule has 1 aliphatic rings. The number of hydrogen-bond acceptors (Lipinski definition) is 7. The fourth-order valence-corrected chi connectivity index (χ4v) is 2.51. The summed E-state index contributed by atoms with van der Waals surface area (Å²) >= 11 is 0. The zero-order valence-corrected chi connectivity index (χ0v) is 14.4. The molecule has 27 heavy (non-hydrogen) atoms. The minimum atomic E-state index is -0.345. The summed E-state index contributed by atoms with van der Waals surface area (Å²) in [6.07, 6.45) is 0. The number of anilines is 3. The normalized spacial score (nSPS) is 11.7. The standard InChI is InChI=1S/C19H16N4O4/c1-25-14-5-2-12(3-6-14)21-19(24)15-7-9-18(23-22-15)20-13-4-8-16-17(10-13)27-11-26-16/h2-10H,11H2,1H3,(H,20,23)(H,21,24). The van der Waals surface area contributed by atoms with Gasteiger partial charge in [0, 0.05) is 17.4 Å². The highest BCUT2D eigenvalue weighted by Gasteiger charge is 2.14. The van der Waals surface area contributed by atoms with Crippen LogP contribution in [0.15, 0.2) is 54.6 Å². The van der Waals surface area contributed by atoms with Crippen LogP contribution in [0.1, 0.15) is 10.5 Å². The predicted octanol–water partition coefficient (Wildman–Crippen LogP) is 3.21. The summed E-state index contributed by atoms with van der Waals surface area (Å²) in [4.78, 5) is 12.3. The highest BCUT2D eigenvalue weighted by Crippen LogP contribution is 2.34. The molecule has 0 saturated heterocycles. The first-order valence-electron chi connectivity index (χ1n) is 8.17. The van der Waals surface area contributed by atoms with Crippen LogP contribution in [0.3, 0.4) is 0 Å². The van der Waals surface area contributed by atoms with Gasteiger partial charge in [0.05, 0.1) is 7.11 Å². The Morgan fingerprint density at radius 2 is 1.74 bits per heavy atom. The van der Waals surface area contributed by atoms with Gasteiger partial charge in [-0.2, -0.15) is 0 Å². The van der Waals surface area contributed by atoms with E-state index >= 15 is 0 Å². The zero-order chi connectivity index (χ0) is 18.6. The lowest BCUT2D eigenvalue weighted by molar-refractivity contribution is 0.102. The first-order valence-corrected chi connectivity index (χ1v) is 8.17. The summed E-state index contributed by atoms with van der Waals surface area (Å²) in [6, 6.07) is 15.8. The van der Waals surface area contributed by atoms with Crippen molar-refractivity contribution in [3.63, 3.8) is 0 Å². The smallest absolute Gasteiger partial charge is 0.276 e. The zero-order valence-electron chi connectivity index (χ0n) is 14.4. The van der Waals surface area contributed by atoms with Crippen LogP contribution in [0.4, 0.5) is 17.2 Å². The molecule has 8 heteroatoms. The van der Waals surface area contributed by atoms with E-state index in [0.29, 0.717) is 28.8 Å². The minimum absolute atomic E-state index is 0.210. The number of hydrogen-bond donors (Lipinski definition) is 2. The summed E-state index contributed by atoms with van der Waals surface area (Å²) in [5.41, 5.74) is 1.64. The highest BCUT2D eigenvalue weighted by atomic mass is 16.7. The number of nitrogens with zero attached hydrogens (tertiary/aromatic N) is 2. The first-order chi connectivity index (χ1) is 13.2. The predicted molar refractivity (Wildman–Crippen MR) is 98.8 cm³/mol. The van der Waals surface area contributed by atoms with E-state index in [9.17, 15) is 4.79 Å². The summed E-state index contributed by atoms with van der Waals surface area (Å²) < 4.78 is 15.7. The summed E-state index contributed by atoms with van der Waals surface area (Å²) in [7, 11) is 1.59. The molecule has 0 saturated carbocycles. The van der Waals surface area contributed by atoms with E-state index < -0.39 is 0 Å². The molecule has 0 unspecified atom stereocenters. The lowest BCUT2D eigenvalue weighted by Crippen LogP contribution is -2.14. The van der Waals surface area contributed by atoms with Gasteiger partial charge in [-0.25, -0.2) is 0 Å². The van der Waals surface area contributed by atoms with Crippen molar-refractivity contribution in [1.82, 2.24) is 10.2 Å². The number of amides is 1. The van der Waals surface area contributed by atoms with Crippen LogP contribution in [0.25, 0.3) is 0 Å². The van der Waals surface area contributed by atoms with Crippen LogP contribution in [0, 0.1) is 0 Å². The molecule has 0 spiro atoms. The lowest BCUT2D eigenvalue weighted by Gasteiger charge is -2.07. The van der Waals surface area contributed by atoms with Crippen LogP contribution in [0.5, 0.6) is 17.2 Å². The number of fused-ring (bicyclic) bond motifs is 1. The number of rotatable bonds is 5. The van der Waals surface area contributed by atoms with Crippen LogP contribution in [-0.2, 0) is 0 Å². The molecule has 3 aromatic rings. The number of carbonyl (C=O) groups is 1. The van der Waals surface area contributed by atoms with Gasteiger partial charge in [-0.3, -0.25) is 4.79 Å². The molecular weight excluding hydrogens is 348 g/mol. The maximum atomic E-state index is 12.3. The molecule has 0 bridgehead atoms. The Labute approximate surface area is 155 Å². The molecule has 0 radical (unpaired) electrons. The molecule has 8 nitrogen and oxygen atoms in total. The Bertz CT molecular complexity index is 958. The number of methoxy groups -OCH3 is 1. The third kappa shape index (κ3) is 3.74. The van der Waals surface area contributed by atoms with E-state index in [4.69, 9.17) is 14.2 Å². The van der Waals surface area contributed by atoms with Gasteiger partial charge in [0.15, 0.2) is 23.0 Å². The molecule has 4 rings (SSSR count). The number of benzene rings is 2. The average Bonchev–Trinajstić information content (AvgIpc) is 3.17.